The number of rotatable bonds is 2. The second kappa shape index (κ2) is 6.01. The molecule has 0 fully saturated rings. The van der Waals surface area contributed by atoms with Gasteiger partial charge in [-0.2, -0.15) is 0 Å². The highest BCUT2D eigenvalue weighted by atomic mass is 14.9. The molecular weight excluding hydrogens is 320 g/mol. The highest BCUT2D eigenvalue weighted by Gasteiger charge is 2.16. The van der Waals surface area contributed by atoms with Crippen LogP contribution in [0.15, 0.2) is 85.2 Å². The summed E-state index contributed by atoms with van der Waals surface area (Å²) in [5.74, 6) is 0. The van der Waals surface area contributed by atoms with Gasteiger partial charge in [-0.3, -0.25) is 9.97 Å². The van der Waals surface area contributed by atoms with E-state index in [1.807, 2.05) is 54.6 Å². The van der Waals surface area contributed by atoms with Crippen molar-refractivity contribution in [2.24, 2.45) is 0 Å². The quantitative estimate of drug-likeness (QED) is 0.431. The molecule has 0 atom stereocenters. The number of hydrogen-bond donors (Lipinski definition) is 0. The molecule has 0 radical (unpaired) electrons. The lowest BCUT2D eigenvalue weighted by atomic mass is 10.1. The summed E-state index contributed by atoms with van der Waals surface area (Å²) in [6.07, 6.45) is 3.54. The number of hydrogen-bond acceptors (Lipinski definition) is 4. The summed E-state index contributed by atoms with van der Waals surface area (Å²) < 4.78 is 0. The Morgan fingerprint density at radius 2 is 1.19 bits per heavy atom. The van der Waals surface area contributed by atoms with Crippen LogP contribution in [0.4, 0.5) is 0 Å². The molecule has 3 aromatic heterocycles. The third-order valence-electron chi connectivity index (χ3n) is 4.37. The lowest BCUT2D eigenvalue weighted by Crippen LogP contribution is -1.98. The minimum Gasteiger partial charge on any atom is -0.255 e. The summed E-state index contributed by atoms with van der Waals surface area (Å²) in [5, 5.41) is 2.23. The van der Waals surface area contributed by atoms with Gasteiger partial charge in [0.1, 0.15) is 11.4 Å². The van der Waals surface area contributed by atoms with E-state index in [0.29, 0.717) is 0 Å². The van der Waals surface area contributed by atoms with Crippen molar-refractivity contribution in [1.29, 1.82) is 0 Å². The molecule has 0 N–H and O–H groups in total. The maximum Gasteiger partial charge on any atom is 0.117 e. The molecule has 0 bridgehead atoms. The van der Waals surface area contributed by atoms with Crippen molar-refractivity contribution in [3.8, 4) is 22.8 Å². The van der Waals surface area contributed by atoms with Gasteiger partial charge in [-0.1, -0.05) is 42.5 Å². The van der Waals surface area contributed by atoms with E-state index in [1.54, 1.807) is 12.4 Å². The SMILES string of the molecule is c1ccc(-c2nc3ccc4ccccc4c3nc2-c2ccccn2)nc1. The van der Waals surface area contributed by atoms with Gasteiger partial charge in [0.25, 0.3) is 0 Å². The highest BCUT2D eigenvalue weighted by molar-refractivity contribution is 6.05. The van der Waals surface area contributed by atoms with Crippen molar-refractivity contribution >= 4 is 21.8 Å². The van der Waals surface area contributed by atoms with Crippen LogP contribution in [-0.4, -0.2) is 19.9 Å². The van der Waals surface area contributed by atoms with E-state index in [-0.39, 0.29) is 0 Å². The fourth-order valence-corrected chi connectivity index (χ4v) is 3.15. The van der Waals surface area contributed by atoms with Gasteiger partial charge in [0.05, 0.1) is 22.4 Å². The third kappa shape index (κ3) is 2.40. The Morgan fingerprint density at radius 3 is 1.88 bits per heavy atom. The second-order valence-electron chi connectivity index (χ2n) is 6.01. The molecule has 5 aromatic rings. The molecule has 0 amide bonds. The van der Waals surface area contributed by atoms with Crippen molar-refractivity contribution in [1.82, 2.24) is 19.9 Å². The van der Waals surface area contributed by atoms with Gasteiger partial charge in [-0.05, 0) is 35.7 Å². The Hall–Kier alpha value is -3.66. The molecule has 4 heteroatoms. The summed E-state index contributed by atoms with van der Waals surface area (Å²) in [6.45, 7) is 0. The molecule has 2 aromatic carbocycles. The molecule has 0 saturated carbocycles. The molecule has 0 aliphatic heterocycles. The zero-order valence-electron chi connectivity index (χ0n) is 13.9. The summed E-state index contributed by atoms with van der Waals surface area (Å²) >= 11 is 0. The van der Waals surface area contributed by atoms with E-state index in [4.69, 9.17) is 9.97 Å². The molecule has 4 nitrogen and oxygen atoms in total. The number of fused-ring (bicyclic) bond motifs is 3. The van der Waals surface area contributed by atoms with E-state index in [1.165, 1.54) is 0 Å². The molecular formula is C22H14N4. The largest absolute Gasteiger partial charge is 0.255 e. The van der Waals surface area contributed by atoms with Crippen LogP contribution >= 0.6 is 0 Å². The van der Waals surface area contributed by atoms with E-state index >= 15 is 0 Å². The van der Waals surface area contributed by atoms with Crippen LogP contribution in [-0.2, 0) is 0 Å². The molecule has 0 spiro atoms. The second-order valence-corrected chi connectivity index (χ2v) is 6.01. The number of pyridine rings is 2. The van der Waals surface area contributed by atoms with E-state index < -0.39 is 0 Å². The van der Waals surface area contributed by atoms with Gasteiger partial charge in [-0.15, -0.1) is 0 Å². The van der Waals surface area contributed by atoms with Crippen molar-refractivity contribution in [2.75, 3.05) is 0 Å². The molecule has 122 valence electrons. The predicted molar refractivity (Wildman–Crippen MR) is 104 cm³/mol. The van der Waals surface area contributed by atoms with Crippen LogP contribution in [0.5, 0.6) is 0 Å². The Morgan fingerprint density at radius 1 is 0.538 bits per heavy atom. The number of nitrogens with zero attached hydrogens (tertiary/aromatic N) is 4. The van der Waals surface area contributed by atoms with E-state index in [2.05, 4.69) is 28.2 Å². The normalized spacial score (nSPS) is 11.1. The highest BCUT2D eigenvalue weighted by Crippen LogP contribution is 2.31. The first-order valence-electron chi connectivity index (χ1n) is 8.42. The molecule has 26 heavy (non-hydrogen) atoms. The summed E-state index contributed by atoms with van der Waals surface area (Å²) in [7, 11) is 0. The molecule has 0 saturated heterocycles. The zero-order chi connectivity index (χ0) is 17.3. The fourth-order valence-electron chi connectivity index (χ4n) is 3.15. The van der Waals surface area contributed by atoms with Crippen LogP contribution in [0.1, 0.15) is 0 Å². The first-order chi connectivity index (χ1) is 12.9. The molecule has 0 unspecified atom stereocenters. The molecule has 5 rings (SSSR count). The maximum atomic E-state index is 4.98. The van der Waals surface area contributed by atoms with Crippen molar-refractivity contribution < 1.29 is 0 Å². The zero-order valence-corrected chi connectivity index (χ0v) is 13.9. The first-order valence-corrected chi connectivity index (χ1v) is 8.42. The van der Waals surface area contributed by atoms with Crippen LogP contribution in [0.2, 0.25) is 0 Å². The standard InChI is InChI=1S/C22H14N4/c1-2-8-16-15(7-1)11-12-19-20(16)26-22(18-10-4-6-14-24-18)21(25-19)17-9-3-5-13-23-17/h1-14H. The Bertz CT molecular complexity index is 1220. The smallest absolute Gasteiger partial charge is 0.117 e. The van der Waals surface area contributed by atoms with Crippen LogP contribution in [0.3, 0.4) is 0 Å². The van der Waals surface area contributed by atoms with Crippen molar-refractivity contribution in [3.05, 3.63) is 85.2 Å². The first kappa shape index (κ1) is 14.7. The van der Waals surface area contributed by atoms with Gasteiger partial charge in [-0.25, -0.2) is 9.97 Å². The van der Waals surface area contributed by atoms with Gasteiger partial charge in [0.2, 0.25) is 0 Å². The summed E-state index contributed by atoms with van der Waals surface area (Å²) in [5.41, 5.74) is 4.79. The minimum absolute atomic E-state index is 0.743. The monoisotopic (exact) mass is 334 g/mol. The lowest BCUT2D eigenvalue weighted by Gasteiger charge is -2.10. The van der Waals surface area contributed by atoms with Crippen molar-refractivity contribution in [2.45, 2.75) is 0 Å². The Balaban J connectivity index is 1.90. The van der Waals surface area contributed by atoms with Gasteiger partial charge >= 0.3 is 0 Å². The van der Waals surface area contributed by atoms with Gasteiger partial charge in [0, 0.05) is 17.8 Å². The van der Waals surface area contributed by atoms with Crippen LogP contribution in [0.25, 0.3) is 44.6 Å². The van der Waals surface area contributed by atoms with Crippen molar-refractivity contribution in [3.63, 3.8) is 0 Å². The van der Waals surface area contributed by atoms with Gasteiger partial charge in [0.15, 0.2) is 0 Å². The Kier molecular flexibility index (Phi) is 3.39. The van der Waals surface area contributed by atoms with Crippen LogP contribution < -0.4 is 0 Å². The van der Waals surface area contributed by atoms with Gasteiger partial charge < -0.3 is 0 Å². The topological polar surface area (TPSA) is 51.6 Å². The maximum absolute atomic E-state index is 4.98. The Labute approximate surface area is 150 Å². The number of aromatic nitrogens is 4. The van der Waals surface area contributed by atoms with Crippen LogP contribution in [0, 0.1) is 0 Å². The lowest BCUT2D eigenvalue weighted by molar-refractivity contribution is 1.21. The fraction of sp³-hybridized carbons (Fsp3) is 0. The molecule has 3 heterocycles. The van der Waals surface area contributed by atoms with E-state index in [0.717, 1.165) is 44.6 Å². The molecule has 0 aliphatic rings. The third-order valence-corrected chi connectivity index (χ3v) is 4.37. The average Bonchev–Trinajstić information content (AvgIpc) is 2.74. The summed E-state index contributed by atoms with van der Waals surface area (Å²) in [6, 6.07) is 23.9. The average molecular weight is 334 g/mol. The minimum atomic E-state index is 0.743. The summed E-state index contributed by atoms with van der Waals surface area (Å²) in [4.78, 5) is 18.9. The number of benzene rings is 2. The predicted octanol–water partition coefficient (Wildman–Crippen LogP) is 4.91. The molecule has 0 aliphatic carbocycles. The van der Waals surface area contributed by atoms with E-state index in [9.17, 15) is 0 Å².